The van der Waals surface area contributed by atoms with E-state index in [0.717, 1.165) is 27.5 Å². The largest absolute Gasteiger partial charge is 0.454 e. The van der Waals surface area contributed by atoms with E-state index in [4.69, 9.17) is 18.1 Å². The number of hydrogen-bond acceptors (Lipinski definition) is 4. The lowest BCUT2D eigenvalue weighted by atomic mass is 10.0. The van der Waals surface area contributed by atoms with Gasteiger partial charge in [-0.15, -0.1) is 0 Å². The smallest absolute Gasteiger partial charge is 0.164 e. The Morgan fingerprint density at radius 2 is 1.07 bits per heavy atom. The summed E-state index contributed by atoms with van der Waals surface area (Å²) in [6.45, 7) is 0. The second-order valence-corrected chi connectivity index (χ2v) is 10.1. The van der Waals surface area contributed by atoms with E-state index in [9.17, 15) is 0 Å². The summed E-state index contributed by atoms with van der Waals surface area (Å²) in [5, 5.41) is 3.45. The average molecular weight is 575 g/mol. The first-order chi connectivity index (χ1) is 26.0. The summed E-state index contributed by atoms with van der Waals surface area (Å²) in [6.07, 6.45) is 0. The summed E-state index contributed by atoms with van der Waals surface area (Å²) in [6, 6.07) is 21.3. The Balaban J connectivity index is 1.37. The Kier molecular flexibility index (Phi) is 3.66. The van der Waals surface area contributed by atoms with E-state index in [1.807, 2.05) is 54.6 Å². The van der Waals surface area contributed by atoms with E-state index in [2.05, 4.69) is 31.7 Å². The van der Waals surface area contributed by atoms with Gasteiger partial charge in [0.1, 0.15) is 5.58 Å². The minimum absolute atomic E-state index is 0.0378. The first kappa shape index (κ1) is 16.5. The van der Waals surface area contributed by atoms with Crippen molar-refractivity contribution in [3.63, 3.8) is 0 Å². The molecule has 5 heteroatoms. The van der Waals surface area contributed by atoms with Crippen LogP contribution in [0.5, 0.6) is 0 Å². The third-order valence-electron chi connectivity index (χ3n) is 7.65. The molecule has 3 heterocycles. The molecule has 9 aromatic rings. The van der Waals surface area contributed by atoms with Crippen molar-refractivity contribution in [3.8, 4) is 39.9 Å². The number of benzene rings is 6. The quantitative estimate of drug-likeness (QED) is 0.210. The number of para-hydroxylation sites is 3. The lowest BCUT2D eigenvalue weighted by Crippen LogP contribution is -2.00. The van der Waals surface area contributed by atoms with Crippen molar-refractivity contribution in [3.05, 3.63) is 145 Å². The maximum atomic E-state index is 8.68. The van der Waals surface area contributed by atoms with Crippen molar-refractivity contribution in [2.24, 2.45) is 0 Å². The standard InChI is InChI=1S/C39H24N4O/c1-3-13-25(14-4-1)37-40-38(26-15-5-2-6-16-26)42-39(41-37)30-20-12-24-34-35(30)29-19-11-23-33(36(29)44-34)43-31-21-9-7-17-27(31)28-18-8-10-22-32(28)43/h1-24H/i1D,2D,3D,4D,5D,6D,13D,14D,15D,16D. The molecule has 0 atom stereocenters. The van der Waals surface area contributed by atoms with Crippen molar-refractivity contribution < 1.29 is 18.1 Å². The molecule has 6 aromatic carbocycles. The average Bonchev–Trinajstić information content (AvgIpc) is 3.74. The number of hydrogen-bond donors (Lipinski definition) is 0. The fraction of sp³-hybridized carbons (Fsp3) is 0. The van der Waals surface area contributed by atoms with Gasteiger partial charge < -0.3 is 8.98 Å². The fourth-order valence-electron chi connectivity index (χ4n) is 5.82. The van der Waals surface area contributed by atoms with E-state index in [1.165, 1.54) is 0 Å². The van der Waals surface area contributed by atoms with Crippen molar-refractivity contribution in [1.29, 1.82) is 0 Å². The van der Waals surface area contributed by atoms with Gasteiger partial charge in [-0.25, -0.2) is 15.0 Å². The summed E-state index contributed by atoms with van der Waals surface area (Å²) in [5.41, 5.74) is 3.53. The molecule has 44 heavy (non-hydrogen) atoms. The highest BCUT2D eigenvalue weighted by Gasteiger charge is 2.21. The van der Waals surface area contributed by atoms with E-state index < -0.39 is 60.4 Å². The van der Waals surface area contributed by atoms with Crippen LogP contribution in [0.2, 0.25) is 0 Å². The van der Waals surface area contributed by atoms with Crippen molar-refractivity contribution in [1.82, 2.24) is 19.5 Å². The van der Waals surface area contributed by atoms with Crippen LogP contribution in [0.15, 0.2) is 150 Å². The van der Waals surface area contributed by atoms with Crippen molar-refractivity contribution in [2.45, 2.75) is 0 Å². The number of nitrogens with zero attached hydrogens (tertiary/aromatic N) is 4. The van der Waals surface area contributed by atoms with Gasteiger partial charge in [-0.3, -0.25) is 0 Å². The second-order valence-electron chi connectivity index (χ2n) is 10.1. The molecule has 0 radical (unpaired) electrons. The molecule has 0 aliphatic rings. The van der Waals surface area contributed by atoms with Gasteiger partial charge in [-0.1, -0.05) is 121 Å². The highest BCUT2D eigenvalue weighted by Crippen LogP contribution is 2.41. The minimum atomic E-state index is -0.613. The Hall–Kier alpha value is -6.07. The molecular weight excluding hydrogens is 540 g/mol. The molecule has 5 nitrogen and oxygen atoms in total. The van der Waals surface area contributed by atoms with Crippen LogP contribution < -0.4 is 0 Å². The molecule has 9 rings (SSSR count). The fourth-order valence-corrected chi connectivity index (χ4v) is 5.82. The number of aromatic nitrogens is 4. The highest BCUT2D eigenvalue weighted by molar-refractivity contribution is 6.15. The Morgan fingerprint density at radius 1 is 0.523 bits per heavy atom. The molecule has 206 valence electrons. The van der Waals surface area contributed by atoms with Gasteiger partial charge in [-0.2, -0.15) is 0 Å². The van der Waals surface area contributed by atoms with E-state index in [-0.39, 0.29) is 28.6 Å². The number of furan rings is 1. The van der Waals surface area contributed by atoms with Gasteiger partial charge in [0.15, 0.2) is 23.1 Å². The second kappa shape index (κ2) is 9.75. The summed E-state index contributed by atoms with van der Waals surface area (Å²) in [4.78, 5) is 13.7. The Labute approximate surface area is 266 Å². The SMILES string of the molecule is [2H]c1c([2H])c([2H])c(-c2nc(-c3c([2H])c([2H])c([2H])c([2H])c3[2H])nc(-c3cccc4oc5c(-n6c7ccccc7c7ccccc76)cccc5c34)n2)c([2H])c1[2H]. The summed E-state index contributed by atoms with van der Waals surface area (Å²) < 4.78 is 92.9. The van der Waals surface area contributed by atoms with Crippen molar-refractivity contribution in [2.75, 3.05) is 0 Å². The zero-order valence-electron chi connectivity index (χ0n) is 32.8. The minimum Gasteiger partial charge on any atom is -0.454 e. The molecule has 0 saturated carbocycles. The van der Waals surface area contributed by atoms with Gasteiger partial charge in [0, 0.05) is 38.2 Å². The zero-order valence-corrected chi connectivity index (χ0v) is 22.8. The van der Waals surface area contributed by atoms with Crippen LogP contribution in [0.4, 0.5) is 0 Å². The summed E-state index contributed by atoms with van der Waals surface area (Å²) in [5.74, 6) is -0.714. The van der Waals surface area contributed by atoms with Crippen LogP contribution in [0, 0.1) is 0 Å². The molecular formula is C39H24N4O. The van der Waals surface area contributed by atoms with Crippen LogP contribution >= 0.6 is 0 Å². The Bertz CT molecular complexity index is 2880. The lowest BCUT2D eigenvalue weighted by molar-refractivity contribution is 0.666. The molecule has 0 spiro atoms. The van der Waals surface area contributed by atoms with Crippen LogP contribution in [-0.4, -0.2) is 19.5 Å². The van der Waals surface area contributed by atoms with Crippen LogP contribution in [0.3, 0.4) is 0 Å². The maximum absolute atomic E-state index is 8.68. The van der Waals surface area contributed by atoms with Gasteiger partial charge in [0.05, 0.1) is 30.4 Å². The monoisotopic (exact) mass is 574 g/mol. The highest BCUT2D eigenvalue weighted by atomic mass is 16.3. The topological polar surface area (TPSA) is 56.7 Å². The molecule has 0 aliphatic heterocycles. The third kappa shape index (κ3) is 3.76. The van der Waals surface area contributed by atoms with E-state index in [1.54, 1.807) is 18.2 Å². The molecule has 0 N–H and O–H groups in total. The first-order valence-electron chi connectivity index (χ1n) is 18.8. The van der Waals surface area contributed by atoms with Gasteiger partial charge in [0.25, 0.3) is 0 Å². The van der Waals surface area contributed by atoms with Crippen LogP contribution in [0.1, 0.15) is 13.7 Å². The first-order valence-corrected chi connectivity index (χ1v) is 13.8. The van der Waals surface area contributed by atoms with Gasteiger partial charge in [0.2, 0.25) is 0 Å². The number of fused-ring (bicyclic) bond motifs is 6. The predicted molar refractivity (Wildman–Crippen MR) is 178 cm³/mol. The third-order valence-corrected chi connectivity index (χ3v) is 7.65. The summed E-state index contributed by atoms with van der Waals surface area (Å²) in [7, 11) is 0. The zero-order chi connectivity index (χ0) is 37.7. The molecule has 3 aromatic heterocycles. The lowest BCUT2D eigenvalue weighted by Gasteiger charge is -2.09. The van der Waals surface area contributed by atoms with Gasteiger partial charge in [-0.05, 0) is 24.3 Å². The van der Waals surface area contributed by atoms with Crippen LogP contribution in [-0.2, 0) is 0 Å². The number of rotatable bonds is 4. The normalized spacial score (nSPS) is 14.8. The maximum Gasteiger partial charge on any atom is 0.164 e. The molecule has 0 aliphatic carbocycles. The summed E-state index contributed by atoms with van der Waals surface area (Å²) >= 11 is 0. The van der Waals surface area contributed by atoms with Gasteiger partial charge >= 0.3 is 0 Å². The van der Waals surface area contributed by atoms with Crippen LogP contribution in [0.25, 0.3) is 83.6 Å². The molecule has 0 bridgehead atoms. The molecule has 0 fully saturated rings. The molecule has 0 saturated heterocycles. The van der Waals surface area contributed by atoms with E-state index >= 15 is 0 Å². The Morgan fingerprint density at radius 3 is 1.70 bits per heavy atom. The van der Waals surface area contributed by atoms with E-state index in [0.29, 0.717) is 27.5 Å². The predicted octanol–water partition coefficient (Wildman–Crippen LogP) is 9.87. The molecule has 0 amide bonds. The molecule has 0 unspecified atom stereocenters. The van der Waals surface area contributed by atoms with Crippen molar-refractivity contribution >= 4 is 43.7 Å².